The molecule has 22 heavy (non-hydrogen) atoms. The summed E-state index contributed by atoms with van der Waals surface area (Å²) >= 11 is 0. The number of amides is 1. The molecule has 7 heteroatoms. The topological polar surface area (TPSA) is 77.0 Å². The third kappa shape index (κ3) is 3.59. The first kappa shape index (κ1) is 16.3. The molecule has 1 amide bonds. The van der Waals surface area contributed by atoms with Crippen LogP contribution in [0.15, 0.2) is 18.2 Å². The van der Waals surface area contributed by atoms with Crippen LogP contribution in [-0.2, 0) is 4.79 Å². The van der Waals surface area contributed by atoms with E-state index in [1.54, 1.807) is 0 Å². The van der Waals surface area contributed by atoms with Crippen LogP contribution < -0.4 is 16.2 Å². The van der Waals surface area contributed by atoms with Crippen LogP contribution in [0.25, 0.3) is 0 Å². The highest BCUT2D eigenvalue weighted by atomic mass is 19.1. The number of hydrogen-bond donors (Lipinski definition) is 3. The van der Waals surface area contributed by atoms with Crippen molar-refractivity contribution in [3.8, 4) is 6.07 Å². The summed E-state index contributed by atoms with van der Waals surface area (Å²) in [5, 5.41) is 11.6. The Morgan fingerprint density at radius 3 is 2.68 bits per heavy atom. The first-order chi connectivity index (χ1) is 10.4. The van der Waals surface area contributed by atoms with Crippen LogP contribution in [0.2, 0.25) is 0 Å². The number of hydrazine groups is 1. The molecule has 3 unspecified atom stereocenters. The highest BCUT2D eigenvalue weighted by molar-refractivity contribution is 5.82. The molecule has 1 aromatic rings. The summed E-state index contributed by atoms with van der Waals surface area (Å²) < 4.78 is 26.6. The van der Waals surface area contributed by atoms with E-state index in [1.165, 1.54) is 0 Å². The van der Waals surface area contributed by atoms with Crippen molar-refractivity contribution in [2.24, 2.45) is 5.92 Å². The molecular weight excluding hydrogens is 290 g/mol. The van der Waals surface area contributed by atoms with Crippen LogP contribution in [0.3, 0.4) is 0 Å². The Labute approximate surface area is 127 Å². The summed E-state index contributed by atoms with van der Waals surface area (Å²) in [4.78, 5) is 12.2. The molecular formula is C15H18F2N4O. The molecule has 1 heterocycles. The highest BCUT2D eigenvalue weighted by Gasteiger charge is 2.32. The molecule has 1 fully saturated rings. The van der Waals surface area contributed by atoms with Crippen molar-refractivity contribution in [1.29, 1.82) is 5.26 Å². The number of nitrogens with one attached hydrogen (secondary N) is 3. The van der Waals surface area contributed by atoms with Gasteiger partial charge in [0.15, 0.2) is 0 Å². The lowest BCUT2D eigenvalue weighted by molar-refractivity contribution is -0.123. The monoisotopic (exact) mass is 308 g/mol. The highest BCUT2D eigenvalue weighted by Crippen LogP contribution is 2.19. The second kappa shape index (κ2) is 6.81. The number of benzene rings is 1. The lowest BCUT2D eigenvalue weighted by Crippen LogP contribution is -2.44. The second-order valence-corrected chi connectivity index (χ2v) is 5.66. The fourth-order valence-corrected chi connectivity index (χ4v) is 2.35. The molecule has 118 valence electrons. The summed E-state index contributed by atoms with van der Waals surface area (Å²) in [7, 11) is 0. The molecule has 0 aliphatic carbocycles. The van der Waals surface area contributed by atoms with Crippen LogP contribution in [0, 0.1) is 28.9 Å². The van der Waals surface area contributed by atoms with E-state index in [0.717, 1.165) is 12.1 Å². The van der Waals surface area contributed by atoms with Crippen molar-refractivity contribution in [3.63, 3.8) is 0 Å². The second-order valence-electron chi connectivity index (χ2n) is 5.66. The Hall–Kier alpha value is -2.04. The zero-order valence-corrected chi connectivity index (χ0v) is 12.4. The lowest BCUT2D eigenvalue weighted by Gasteiger charge is -2.16. The average Bonchev–Trinajstić information content (AvgIpc) is 2.95. The van der Waals surface area contributed by atoms with Crippen LogP contribution in [0.5, 0.6) is 0 Å². The number of nitrogens with zero attached hydrogens (tertiary/aromatic N) is 1. The smallest absolute Gasteiger partial charge is 0.239 e. The Bertz CT molecular complexity index is 600. The number of rotatable bonds is 4. The summed E-state index contributed by atoms with van der Waals surface area (Å²) in [6, 6.07) is 3.23. The lowest BCUT2D eigenvalue weighted by atomic mass is 9.99. The first-order valence-electron chi connectivity index (χ1n) is 7.08. The van der Waals surface area contributed by atoms with E-state index in [2.05, 4.69) is 16.2 Å². The average molecular weight is 308 g/mol. The van der Waals surface area contributed by atoms with Gasteiger partial charge >= 0.3 is 0 Å². The van der Waals surface area contributed by atoms with Crippen LogP contribution >= 0.6 is 0 Å². The number of carbonyl (C=O) groups is 1. The SMILES string of the molecule is CC(C)C1CC(C(=O)NC(C#N)c2ccc(F)cc2F)NN1. The van der Waals surface area contributed by atoms with Gasteiger partial charge in [-0.2, -0.15) is 5.26 Å². The summed E-state index contributed by atoms with van der Waals surface area (Å²) in [5.74, 6) is -1.63. The molecule has 1 saturated heterocycles. The number of hydrogen-bond acceptors (Lipinski definition) is 4. The summed E-state index contributed by atoms with van der Waals surface area (Å²) in [5.41, 5.74) is 5.83. The van der Waals surface area contributed by atoms with Gasteiger partial charge in [0.05, 0.1) is 6.07 Å². The third-order valence-corrected chi connectivity index (χ3v) is 3.74. The Kier molecular flexibility index (Phi) is 5.06. The molecule has 0 spiro atoms. The standard InChI is InChI=1S/C15H18F2N4O/c1-8(2)12-6-13(21-20-12)15(22)19-14(7-18)10-4-3-9(16)5-11(10)17/h3-5,8,12-14,20-21H,6H2,1-2H3,(H,19,22). The van der Waals surface area contributed by atoms with Crippen molar-refractivity contribution in [2.45, 2.75) is 38.4 Å². The first-order valence-corrected chi connectivity index (χ1v) is 7.08. The fraction of sp³-hybridized carbons (Fsp3) is 0.467. The Balaban J connectivity index is 2.05. The van der Waals surface area contributed by atoms with E-state index in [9.17, 15) is 13.6 Å². The van der Waals surface area contributed by atoms with Gasteiger partial charge in [0.25, 0.3) is 0 Å². The molecule has 0 saturated carbocycles. The minimum atomic E-state index is -1.16. The summed E-state index contributed by atoms with van der Waals surface area (Å²) in [6.07, 6.45) is 0.577. The van der Waals surface area contributed by atoms with Crippen LogP contribution in [0.1, 0.15) is 31.9 Å². The fourth-order valence-electron chi connectivity index (χ4n) is 2.35. The molecule has 1 aliphatic heterocycles. The predicted octanol–water partition coefficient (Wildman–Crippen LogP) is 1.54. The number of halogens is 2. The zero-order valence-electron chi connectivity index (χ0n) is 12.4. The molecule has 2 rings (SSSR count). The van der Waals surface area contributed by atoms with Gasteiger partial charge in [-0.1, -0.05) is 19.9 Å². The maximum absolute atomic E-state index is 13.7. The van der Waals surface area contributed by atoms with Crippen molar-refractivity contribution < 1.29 is 13.6 Å². The van der Waals surface area contributed by atoms with Crippen molar-refractivity contribution in [2.75, 3.05) is 0 Å². The van der Waals surface area contributed by atoms with Gasteiger partial charge in [0.1, 0.15) is 23.7 Å². The molecule has 1 aromatic carbocycles. The maximum atomic E-state index is 13.7. The van der Waals surface area contributed by atoms with Gasteiger partial charge in [-0.15, -0.1) is 0 Å². The van der Waals surface area contributed by atoms with Crippen LogP contribution in [-0.4, -0.2) is 18.0 Å². The van der Waals surface area contributed by atoms with E-state index >= 15 is 0 Å². The quantitative estimate of drug-likeness (QED) is 0.788. The zero-order chi connectivity index (χ0) is 16.3. The Morgan fingerprint density at radius 1 is 1.41 bits per heavy atom. The van der Waals surface area contributed by atoms with Gasteiger partial charge in [-0.25, -0.2) is 14.2 Å². The van der Waals surface area contributed by atoms with E-state index in [4.69, 9.17) is 5.26 Å². The maximum Gasteiger partial charge on any atom is 0.239 e. The molecule has 1 aliphatic rings. The normalized spacial score (nSPS) is 22.4. The van der Waals surface area contributed by atoms with Gasteiger partial charge in [0, 0.05) is 17.7 Å². The van der Waals surface area contributed by atoms with Gasteiger partial charge < -0.3 is 5.32 Å². The van der Waals surface area contributed by atoms with Crippen molar-refractivity contribution in [1.82, 2.24) is 16.2 Å². The number of carbonyl (C=O) groups excluding carboxylic acids is 1. The van der Waals surface area contributed by atoms with Crippen molar-refractivity contribution in [3.05, 3.63) is 35.4 Å². The largest absolute Gasteiger partial charge is 0.335 e. The van der Waals surface area contributed by atoms with Gasteiger partial charge in [0.2, 0.25) is 5.91 Å². The van der Waals surface area contributed by atoms with E-state index in [0.29, 0.717) is 18.4 Å². The van der Waals surface area contributed by atoms with Gasteiger partial charge in [-0.3, -0.25) is 10.2 Å². The number of nitriles is 1. The molecule has 3 N–H and O–H groups in total. The van der Waals surface area contributed by atoms with E-state index in [-0.39, 0.29) is 11.6 Å². The minimum absolute atomic E-state index is 0.0522. The molecule has 0 radical (unpaired) electrons. The molecule has 5 nitrogen and oxygen atoms in total. The third-order valence-electron chi connectivity index (χ3n) is 3.74. The molecule has 0 aromatic heterocycles. The predicted molar refractivity (Wildman–Crippen MR) is 76.2 cm³/mol. The minimum Gasteiger partial charge on any atom is -0.335 e. The van der Waals surface area contributed by atoms with Crippen LogP contribution in [0.4, 0.5) is 8.78 Å². The molecule has 0 bridgehead atoms. The Morgan fingerprint density at radius 2 is 2.14 bits per heavy atom. The van der Waals surface area contributed by atoms with Gasteiger partial charge in [-0.05, 0) is 18.4 Å². The van der Waals surface area contributed by atoms with E-state index in [1.807, 2.05) is 19.9 Å². The van der Waals surface area contributed by atoms with E-state index < -0.39 is 29.6 Å². The molecule has 3 atom stereocenters. The van der Waals surface area contributed by atoms with Crippen molar-refractivity contribution >= 4 is 5.91 Å². The summed E-state index contributed by atoms with van der Waals surface area (Å²) in [6.45, 7) is 4.07.